The van der Waals surface area contributed by atoms with Crippen LogP contribution < -0.4 is 0 Å². The molecule has 1 rings (SSSR count). The number of aryl methyl sites for hydroxylation is 1. The number of esters is 1. The van der Waals surface area contributed by atoms with Crippen LogP contribution >= 0.6 is 22.6 Å². The Labute approximate surface area is 94.2 Å². The molecule has 67 valence electrons. The van der Waals surface area contributed by atoms with Crippen LogP contribution in [0.3, 0.4) is 0 Å². The minimum absolute atomic E-state index is 0.226. The molecule has 0 fully saturated rings. The van der Waals surface area contributed by atoms with Crippen molar-refractivity contribution in [3.63, 3.8) is 0 Å². The Kier molecular flexibility index (Phi) is 3.92. The molecule has 0 unspecified atom stereocenters. The van der Waals surface area contributed by atoms with Crippen molar-refractivity contribution < 1.29 is 9.53 Å². The highest BCUT2D eigenvalue weighted by Crippen LogP contribution is 2.12. The molecule has 0 amide bonds. The smallest absolute Gasteiger partial charge is 0.337 e. The van der Waals surface area contributed by atoms with Gasteiger partial charge in [0.15, 0.2) is 0 Å². The van der Waals surface area contributed by atoms with Crippen molar-refractivity contribution in [1.29, 1.82) is 0 Å². The number of hydrogen-bond acceptors (Lipinski definition) is 2. The van der Waals surface area contributed by atoms with Crippen molar-refractivity contribution in [2.75, 3.05) is 6.23 Å². The number of ether oxygens (including phenoxy) is 1. The summed E-state index contributed by atoms with van der Waals surface area (Å²) in [7, 11) is 3.09. The Morgan fingerprint density at radius 3 is 2.77 bits per heavy atom. The molecule has 1 aromatic rings. The van der Waals surface area contributed by atoms with Gasteiger partial charge in [-0.2, -0.15) is 0 Å². The molecule has 0 heterocycles. The summed E-state index contributed by atoms with van der Waals surface area (Å²) in [6, 6.07) is 5.62. The highest BCUT2D eigenvalue weighted by atomic mass is 127. The Hall–Kier alpha value is -0.363. The first-order valence-corrected chi connectivity index (χ1v) is 5.51. The molecule has 0 saturated carbocycles. The zero-order chi connectivity index (χ0) is 9.84. The molecule has 1 aromatic carbocycles. The normalized spacial score (nSPS) is 9.77. The quantitative estimate of drug-likeness (QED) is 0.474. The van der Waals surface area contributed by atoms with Gasteiger partial charge in [-0.1, -0.05) is 0 Å². The fourth-order valence-electron chi connectivity index (χ4n) is 1.00. The van der Waals surface area contributed by atoms with Crippen LogP contribution in [0.25, 0.3) is 0 Å². The molecular formula is C9H8IO2Si. The fourth-order valence-corrected chi connectivity index (χ4v) is 1.96. The second-order valence-corrected chi connectivity index (χ2v) is 4.13. The van der Waals surface area contributed by atoms with E-state index in [0.29, 0.717) is 5.56 Å². The summed E-state index contributed by atoms with van der Waals surface area (Å²) >= 11 is 2.17. The van der Waals surface area contributed by atoms with E-state index < -0.39 is 0 Å². The van der Waals surface area contributed by atoms with Crippen molar-refractivity contribution in [3.8, 4) is 0 Å². The van der Waals surface area contributed by atoms with E-state index in [2.05, 4.69) is 32.8 Å². The minimum atomic E-state index is -0.295. The molecule has 0 saturated heterocycles. The third kappa shape index (κ3) is 3.11. The Balaban J connectivity index is 2.94. The van der Waals surface area contributed by atoms with E-state index in [1.807, 2.05) is 19.1 Å². The molecule has 0 atom stereocenters. The van der Waals surface area contributed by atoms with Gasteiger partial charge in [-0.05, 0) is 53.3 Å². The second-order valence-electron chi connectivity index (χ2n) is 2.59. The van der Waals surface area contributed by atoms with E-state index >= 15 is 0 Å². The Bertz CT molecular complexity index is 305. The van der Waals surface area contributed by atoms with Crippen molar-refractivity contribution in [1.82, 2.24) is 0 Å². The molecule has 0 spiro atoms. The molecule has 0 bridgehead atoms. The van der Waals surface area contributed by atoms with Crippen molar-refractivity contribution in [3.05, 3.63) is 32.9 Å². The second kappa shape index (κ2) is 4.76. The van der Waals surface area contributed by atoms with E-state index in [9.17, 15) is 4.79 Å². The maximum atomic E-state index is 11.3. The van der Waals surface area contributed by atoms with E-state index in [-0.39, 0.29) is 12.2 Å². The number of halogens is 1. The highest BCUT2D eigenvalue weighted by molar-refractivity contribution is 14.1. The zero-order valence-corrected chi connectivity index (χ0v) is 10.3. The molecule has 13 heavy (non-hydrogen) atoms. The first-order valence-electron chi connectivity index (χ1n) is 3.72. The van der Waals surface area contributed by atoms with Crippen LogP contribution in [0.2, 0.25) is 0 Å². The van der Waals surface area contributed by atoms with Crippen molar-refractivity contribution in [2.45, 2.75) is 6.92 Å². The zero-order valence-electron chi connectivity index (χ0n) is 7.13. The molecular weight excluding hydrogens is 295 g/mol. The number of carbonyl (C=O) groups is 1. The number of carbonyl (C=O) groups excluding carboxylic acids is 1. The van der Waals surface area contributed by atoms with Gasteiger partial charge >= 0.3 is 5.97 Å². The van der Waals surface area contributed by atoms with Gasteiger partial charge in [-0.3, -0.25) is 0 Å². The van der Waals surface area contributed by atoms with Crippen LogP contribution in [-0.4, -0.2) is 22.4 Å². The Morgan fingerprint density at radius 2 is 2.23 bits per heavy atom. The van der Waals surface area contributed by atoms with Gasteiger partial charge in [0.05, 0.1) is 22.0 Å². The highest BCUT2D eigenvalue weighted by Gasteiger charge is 2.06. The molecule has 2 nitrogen and oxygen atoms in total. The first kappa shape index (κ1) is 10.7. The predicted molar refractivity (Wildman–Crippen MR) is 59.9 cm³/mol. The largest absolute Gasteiger partial charge is 0.467 e. The third-order valence-corrected chi connectivity index (χ3v) is 2.25. The van der Waals surface area contributed by atoms with Gasteiger partial charge < -0.3 is 4.74 Å². The molecule has 0 aromatic heterocycles. The summed E-state index contributed by atoms with van der Waals surface area (Å²) in [5, 5.41) is 0. The van der Waals surface area contributed by atoms with E-state index in [0.717, 1.165) is 9.13 Å². The van der Waals surface area contributed by atoms with Crippen LogP contribution in [0.1, 0.15) is 15.9 Å². The van der Waals surface area contributed by atoms with Crippen LogP contribution in [0.5, 0.6) is 0 Å². The predicted octanol–water partition coefficient (Wildman–Crippen LogP) is 1.88. The summed E-state index contributed by atoms with van der Waals surface area (Å²) in [5.41, 5.74) is 1.66. The summed E-state index contributed by atoms with van der Waals surface area (Å²) in [6.45, 7) is 1.95. The third-order valence-electron chi connectivity index (χ3n) is 1.48. The number of rotatable bonds is 2. The summed E-state index contributed by atoms with van der Waals surface area (Å²) in [6.07, 6.45) is 0.226. The Morgan fingerprint density at radius 1 is 1.54 bits per heavy atom. The summed E-state index contributed by atoms with van der Waals surface area (Å²) in [4.78, 5) is 11.3. The van der Waals surface area contributed by atoms with Crippen LogP contribution in [0, 0.1) is 10.5 Å². The maximum Gasteiger partial charge on any atom is 0.337 e. The van der Waals surface area contributed by atoms with E-state index in [1.54, 1.807) is 6.07 Å². The summed E-state index contributed by atoms with van der Waals surface area (Å²) < 4.78 is 5.85. The lowest BCUT2D eigenvalue weighted by atomic mass is 10.1. The first-order chi connectivity index (χ1) is 6.13. The molecule has 4 heteroatoms. The van der Waals surface area contributed by atoms with Crippen LogP contribution in [0.4, 0.5) is 0 Å². The van der Waals surface area contributed by atoms with Gasteiger partial charge in [0, 0.05) is 3.57 Å². The van der Waals surface area contributed by atoms with Gasteiger partial charge in [0.25, 0.3) is 0 Å². The van der Waals surface area contributed by atoms with Gasteiger partial charge in [0.1, 0.15) is 0 Å². The number of hydrogen-bond donors (Lipinski definition) is 0. The van der Waals surface area contributed by atoms with Gasteiger partial charge in [0.2, 0.25) is 0 Å². The maximum absolute atomic E-state index is 11.3. The molecule has 0 aliphatic heterocycles. The SMILES string of the molecule is Cc1cc(I)cc(C(=O)OC[Si])c1. The number of benzene rings is 1. The summed E-state index contributed by atoms with van der Waals surface area (Å²) in [5.74, 6) is -0.295. The monoisotopic (exact) mass is 303 g/mol. The van der Waals surface area contributed by atoms with Gasteiger partial charge in [-0.25, -0.2) is 4.79 Å². The fraction of sp³-hybridized carbons (Fsp3) is 0.222. The van der Waals surface area contributed by atoms with E-state index in [1.165, 1.54) is 0 Å². The van der Waals surface area contributed by atoms with E-state index in [4.69, 9.17) is 4.74 Å². The standard InChI is InChI=1S/C9H8IO2Si/c1-6-2-7(4-8(10)3-6)9(11)12-5-13/h2-4H,5H2,1H3. The molecule has 3 radical (unpaired) electrons. The van der Waals surface area contributed by atoms with Crippen LogP contribution in [0.15, 0.2) is 18.2 Å². The molecule has 0 aliphatic rings. The lowest BCUT2D eigenvalue weighted by molar-refractivity contribution is 0.0573. The topological polar surface area (TPSA) is 26.3 Å². The lowest BCUT2D eigenvalue weighted by Crippen LogP contribution is -2.06. The lowest BCUT2D eigenvalue weighted by Gasteiger charge is -2.03. The van der Waals surface area contributed by atoms with Crippen LogP contribution in [-0.2, 0) is 4.74 Å². The average molecular weight is 303 g/mol. The average Bonchev–Trinajstić information content (AvgIpc) is 2.03. The minimum Gasteiger partial charge on any atom is -0.467 e. The van der Waals surface area contributed by atoms with Crippen molar-refractivity contribution in [2.24, 2.45) is 0 Å². The molecule has 0 N–H and O–H groups in total. The van der Waals surface area contributed by atoms with Crippen molar-refractivity contribution >= 4 is 38.8 Å². The molecule has 0 aliphatic carbocycles. The van der Waals surface area contributed by atoms with Gasteiger partial charge in [-0.15, -0.1) is 0 Å².